The fourth-order valence-corrected chi connectivity index (χ4v) is 2.69. The molecule has 94 valence electrons. The molecule has 2 saturated heterocycles. The van der Waals surface area contributed by atoms with Crippen molar-refractivity contribution in [2.45, 2.75) is 57.5 Å². The lowest BCUT2D eigenvalue weighted by Crippen LogP contribution is -2.52. The Balaban J connectivity index is 0.00000128. The van der Waals surface area contributed by atoms with Gasteiger partial charge < -0.3 is 10.2 Å². The number of hydrogen-bond acceptors (Lipinski definition) is 2. The van der Waals surface area contributed by atoms with Crippen molar-refractivity contribution in [1.82, 2.24) is 10.2 Å². The van der Waals surface area contributed by atoms with E-state index in [4.69, 9.17) is 0 Å². The number of hydrogen-bond donors (Lipinski definition) is 1. The molecule has 16 heavy (non-hydrogen) atoms. The molecule has 0 aliphatic carbocycles. The van der Waals surface area contributed by atoms with Gasteiger partial charge in [-0.15, -0.1) is 12.4 Å². The van der Waals surface area contributed by atoms with Gasteiger partial charge in [-0.3, -0.25) is 4.79 Å². The molecule has 0 spiro atoms. The largest absolute Gasteiger partial charge is 0.339 e. The lowest BCUT2D eigenvalue weighted by Gasteiger charge is -2.37. The second-order valence-electron chi connectivity index (χ2n) is 4.88. The molecule has 0 bridgehead atoms. The quantitative estimate of drug-likeness (QED) is 0.767. The van der Waals surface area contributed by atoms with Crippen molar-refractivity contribution < 1.29 is 4.79 Å². The minimum atomic E-state index is 0. The number of carbonyl (C=O) groups excluding carboxylic acids is 1. The predicted molar refractivity (Wildman–Crippen MR) is 67.9 cm³/mol. The van der Waals surface area contributed by atoms with Crippen LogP contribution in [0.4, 0.5) is 0 Å². The highest BCUT2D eigenvalue weighted by atomic mass is 35.5. The van der Waals surface area contributed by atoms with E-state index in [0.29, 0.717) is 11.9 Å². The third-order valence-electron chi connectivity index (χ3n) is 3.69. The van der Waals surface area contributed by atoms with Gasteiger partial charge in [0.25, 0.3) is 0 Å². The van der Waals surface area contributed by atoms with Crippen molar-refractivity contribution in [3.8, 4) is 0 Å². The SMILES string of the molecule is CC1CCCCN1C(=O)[C@H]1CCCCN1.Cl. The van der Waals surface area contributed by atoms with Crippen LogP contribution >= 0.6 is 12.4 Å². The van der Waals surface area contributed by atoms with Crippen LogP contribution in [-0.4, -0.2) is 36.0 Å². The zero-order chi connectivity index (χ0) is 10.7. The Morgan fingerprint density at radius 1 is 1.19 bits per heavy atom. The van der Waals surface area contributed by atoms with Crippen LogP contribution in [0.5, 0.6) is 0 Å². The highest BCUT2D eigenvalue weighted by molar-refractivity contribution is 5.85. The van der Waals surface area contributed by atoms with Crippen molar-refractivity contribution in [2.75, 3.05) is 13.1 Å². The van der Waals surface area contributed by atoms with Gasteiger partial charge in [-0.05, 0) is 45.6 Å². The maximum atomic E-state index is 12.2. The first-order valence-corrected chi connectivity index (χ1v) is 6.33. The predicted octanol–water partition coefficient (Wildman–Crippen LogP) is 1.95. The van der Waals surface area contributed by atoms with Gasteiger partial charge in [-0.1, -0.05) is 6.42 Å². The van der Waals surface area contributed by atoms with Crippen LogP contribution in [0.1, 0.15) is 45.4 Å². The van der Waals surface area contributed by atoms with Gasteiger partial charge in [-0.25, -0.2) is 0 Å². The van der Waals surface area contributed by atoms with Gasteiger partial charge >= 0.3 is 0 Å². The topological polar surface area (TPSA) is 32.3 Å². The molecule has 1 unspecified atom stereocenters. The van der Waals surface area contributed by atoms with Crippen molar-refractivity contribution in [3.63, 3.8) is 0 Å². The Kier molecular flexibility index (Phi) is 5.56. The summed E-state index contributed by atoms with van der Waals surface area (Å²) in [7, 11) is 0. The van der Waals surface area contributed by atoms with Gasteiger partial charge in [0.1, 0.15) is 0 Å². The summed E-state index contributed by atoms with van der Waals surface area (Å²) in [6.45, 7) is 4.16. The highest BCUT2D eigenvalue weighted by Gasteiger charge is 2.29. The van der Waals surface area contributed by atoms with E-state index in [-0.39, 0.29) is 18.4 Å². The number of nitrogens with zero attached hydrogens (tertiary/aromatic N) is 1. The minimum Gasteiger partial charge on any atom is -0.339 e. The third-order valence-corrected chi connectivity index (χ3v) is 3.69. The first kappa shape index (κ1) is 13.8. The summed E-state index contributed by atoms with van der Waals surface area (Å²) in [5, 5.41) is 3.35. The van der Waals surface area contributed by atoms with Gasteiger partial charge in [0.2, 0.25) is 5.91 Å². The second kappa shape index (κ2) is 6.45. The Hall–Kier alpha value is -0.280. The van der Waals surface area contributed by atoms with Crippen LogP contribution in [0.2, 0.25) is 0 Å². The first-order valence-electron chi connectivity index (χ1n) is 6.33. The molecule has 2 atom stereocenters. The zero-order valence-electron chi connectivity index (χ0n) is 10.1. The van der Waals surface area contributed by atoms with Crippen LogP contribution in [0.15, 0.2) is 0 Å². The highest BCUT2D eigenvalue weighted by Crippen LogP contribution is 2.19. The minimum absolute atomic E-state index is 0. The van der Waals surface area contributed by atoms with E-state index in [1.54, 1.807) is 0 Å². The molecule has 3 nitrogen and oxygen atoms in total. The molecule has 1 N–H and O–H groups in total. The summed E-state index contributed by atoms with van der Waals surface area (Å²) in [6, 6.07) is 0.564. The molecule has 4 heteroatoms. The molecule has 0 saturated carbocycles. The van der Waals surface area contributed by atoms with Gasteiger partial charge in [0.05, 0.1) is 6.04 Å². The zero-order valence-corrected chi connectivity index (χ0v) is 10.9. The number of piperidine rings is 2. The van der Waals surface area contributed by atoms with E-state index in [2.05, 4.69) is 17.1 Å². The molecule has 0 radical (unpaired) electrons. The van der Waals surface area contributed by atoms with E-state index in [0.717, 1.165) is 19.5 Å². The van der Waals surface area contributed by atoms with E-state index in [1.807, 2.05) is 0 Å². The summed E-state index contributed by atoms with van der Waals surface area (Å²) in [5.74, 6) is 0.349. The van der Waals surface area contributed by atoms with E-state index >= 15 is 0 Å². The summed E-state index contributed by atoms with van der Waals surface area (Å²) in [4.78, 5) is 14.3. The molecular weight excluding hydrogens is 224 g/mol. The molecule has 2 rings (SSSR count). The molecular formula is C12H23ClN2O. The average molecular weight is 247 g/mol. The van der Waals surface area contributed by atoms with Crippen molar-refractivity contribution in [2.24, 2.45) is 0 Å². The number of rotatable bonds is 1. The second-order valence-corrected chi connectivity index (χ2v) is 4.88. The molecule has 2 fully saturated rings. The Morgan fingerprint density at radius 2 is 1.94 bits per heavy atom. The fraction of sp³-hybridized carbons (Fsp3) is 0.917. The normalized spacial score (nSPS) is 30.7. The average Bonchev–Trinajstić information content (AvgIpc) is 2.30. The van der Waals surface area contributed by atoms with Crippen molar-refractivity contribution in [3.05, 3.63) is 0 Å². The molecule has 0 aromatic heterocycles. The number of amides is 1. The van der Waals surface area contributed by atoms with E-state index in [9.17, 15) is 4.79 Å². The van der Waals surface area contributed by atoms with E-state index in [1.165, 1.54) is 32.1 Å². The maximum absolute atomic E-state index is 12.2. The van der Waals surface area contributed by atoms with Crippen molar-refractivity contribution >= 4 is 18.3 Å². The maximum Gasteiger partial charge on any atom is 0.239 e. The molecule has 0 aromatic rings. The summed E-state index contributed by atoms with van der Waals surface area (Å²) >= 11 is 0. The van der Waals surface area contributed by atoms with Crippen LogP contribution < -0.4 is 5.32 Å². The molecule has 0 aromatic carbocycles. The lowest BCUT2D eigenvalue weighted by molar-refractivity contribution is -0.137. The fourth-order valence-electron chi connectivity index (χ4n) is 2.69. The van der Waals surface area contributed by atoms with Crippen LogP contribution in [-0.2, 0) is 4.79 Å². The van der Waals surface area contributed by atoms with Gasteiger partial charge in [0, 0.05) is 12.6 Å². The monoisotopic (exact) mass is 246 g/mol. The number of likely N-dealkylation sites (tertiary alicyclic amines) is 1. The van der Waals surface area contributed by atoms with Crippen LogP contribution in [0.3, 0.4) is 0 Å². The van der Waals surface area contributed by atoms with Crippen LogP contribution in [0, 0.1) is 0 Å². The van der Waals surface area contributed by atoms with Gasteiger partial charge in [0.15, 0.2) is 0 Å². The smallest absolute Gasteiger partial charge is 0.239 e. The van der Waals surface area contributed by atoms with Crippen molar-refractivity contribution in [1.29, 1.82) is 0 Å². The molecule has 2 aliphatic heterocycles. The standard InChI is InChI=1S/C12H22N2O.ClH/c1-10-6-3-5-9-14(10)12(15)11-7-2-4-8-13-11;/h10-11,13H,2-9H2,1H3;1H/t10?,11-;/m1./s1. The summed E-state index contributed by atoms with van der Waals surface area (Å²) in [5.41, 5.74) is 0. The number of carbonyl (C=O) groups is 1. The summed E-state index contributed by atoms with van der Waals surface area (Å²) < 4.78 is 0. The van der Waals surface area contributed by atoms with Crippen LogP contribution in [0.25, 0.3) is 0 Å². The van der Waals surface area contributed by atoms with E-state index < -0.39 is 0 Å². The third kappa shape index (κ3) is 3.11. The number of halogens is 1. The molecule has 2 heterocycles. The van der Waals surface area contributed by atoms with Gasteiger partial charge in [-0.2, -0.15) is 0 Å². The number of nitrogens with one attached hydrogen (secondary N) is 1. The Morgan fingerprint density at radius 3 is 2.56 bits per heavy atom. The Labute approximate surface area is 104 Å². The lowest BCUT2D eigenvalue weighted by atomic mass is 9.99. The molecule has 2 aliphatic rings. The Bertz CT molecular complexity index is 229. The first-order chi connectivity index (χ1) is 7.29. The molecule has 1 amide bonds. The summed E-state index contributed by atoms with van der Waals surface area (Å²) in [6.07, 6.45) is 7.09.